The SMILES string of the molecule is COC1C[C@H](O[C@@H]2CC[C@]3(C)C4C(O)C[C@]5(C)[C@@H](C6=CC(=O)OC6)CC[C@]5(O)C4CC[C@@H]3C2)OC(C)[C@H]1O. The number of carbonyl (C=O) groups is 1. The van der Waals surface area contributed by atoms with Crippen LogP contribution in [0.25, 0.3) is 0 Å². The molecule has 4 saturated carbocycles. The molecule has 6 aliphatic rings. The molecule has 8 nitrogen and oxygen atoms in total. The van der Waals surface area contributed by atoms with Gasteiger partial charge in [-0.05, 0) is 93.0 Å². The summed E-state index contributed by atoms with van der Waals surface area (Å²) in [4.78, 5) is 11.8. The van der Waals surface area contributed by atoms with Crippen molar-refractivity contribution in [2.75, 3.05) is 13.7 Å². The van der Waals surface area contributed by atoms with E-state index in [2.05, 4.69) is 13.8 Å². The topological polar surface area (TPSA) is 115 Å². The van der Waals surface area contributed by atoms with Crippen molar-refractivity contribution in [2.45, 2.75) is 121 Å². The van der Waals surface area contributed by atoms with Gasteiger partial charge in [-0.15, -0.1) is 0 Å². The van der Waals surface area contributed by atoms with E-state index < -0.39 is 23.2 Å². The van der Waals surface area contributed by atoms with Gasteiger partial charge < -0.3 is 34.3 Å². The molecule has 0 aromatic carbocycles. The summed E-state index contributed by atoms with van der Waals surface area (Å²) in [6, 6.07) is 0. The van der Waals surface area contributed by atoms with Gasteiger partial charge in [-0.3, -0.25) is 0 Å². The number of hydrogen-bond acceptors (Lipinski definition) is 8. The Bertz CT molecular complexity index is 968. The molecule has 0 aromatic heterocycles. The normalized spacial score (nSPS) is 54.5. The molecule has 0 aromatic rings. The number of carbonyl (C=O) groups excluding carboxylic acids is 1. The third kappa shape index (κ3) is 3.96. The summed E-state index contributed by atoms with van der Waals surface area (Å²) >= 11 is 0. The van der Waals surface area contributed by atoms with Crippen molar-refractivity contribution in [1.82, 2.24) is 0 Å². The van der Waals surface area contributed by atoms with Crippen molar-refractivity contribution < 1.29 is 39.1 Å². The summed E-state index contributed by atoms with van der Waals surface area (Å²) in [5, 5.41) is 34.5. The maximum atomic E-state index is 12.4. The molecule has 2 heterocycles. The van der Waals surface area contributed by atoms with E-state index in [1.54, 1.807) is 13.2 Å². The van der Waals surface area contributed by atoms with Gasteiger partial charge in [0.1, 0.15) is 12.7 Å². The van der Waals surface area contributed by atoms with Gasteiger partial charge in [0.05, 0.1) is 30.0 Å². The smallest absolute Gasteiger partial charge is 0.331 e. The van der Waals surface area contributed by atoms with Gasteiger partial charge in [0.25, 0.3) is 0 Å². The molecule has 0 amide bonds. The number of hydrogen-bond donors (Lipinski definition) is 3. The fourth-order valence-electron chi connectivity index (χ4n) is 10.1. The van der Waals surface area contributed by atoms with Crippen LogP contribution in [0, 0.1) is 34.5 Å². The Hall–Kier alpha value is -1.03. The number of esters is 1. The highest BCUT2D eigenvalue weighted by molar-refractivity contribution is 5.85. The fraction of sp³-hybridized carbons (Fsp3) is 0.900. The van der Waals surface area contributed by atoms with E-state index in [0.29, 0.717) is 31.8 Å². The quantitative estimate of drug-likeness (QED) is 0.372. The molecule has 0 radical (unpaired) electrons. The van der Waals surface area contributed by atoms with Gasteiger partial charge in [-0.25, -0.2) is 4.79 Å². The van der Waals surface area contributed by atoms with Crippen LogP contribution in [-0.2, 0) is 23.7 Å². The Morgan fingerprint density at radius 3 is 2.58 bits per heavy atom. The number of aliphatic hydroxyl groups excluding tert-OH is 2. The Morgan fingerprint density at radius 1 is 1.08 bits per heavy atom. The highest BCUT2D eigenvalue weighted by Gasteiger charge is 2.70. The van der Waals surface area contributed by atoms with Crippen LogP contribution in [0.4, 0.5) is 0 Å². The van der Waals surface area contributed by atoms with E-state index in [4.69, 9.17) is 18.9 Å². The third-order valence-electron chi connectivity index (χ3n) is 12.2. The van der Waals surface area contributed by atoms with Crippen molar-refractivity contribution in [2.24, 2.45) is 34.5 Å². The molecular formula is C30H46O8. The minimum absolute atomic E-state index is 0.0464. The predicted octanol–water partition coefficient (Wildman–Crippen LogP) is 3.11. The lowest BCUT2D eigenvalue weighted by Gasteiger charge is -2.65. The zero-order chi connectivity index (χ0) is 27.0. The number of fused-ring (bicyclic) bond motifs is 5. The summed E-state index contributed by atoms with van der Waals surface area (Å²) < 4.78 is 23.1. The standard InChI is InChI=1S/C30H46O8/c1-16-27(33)23(35-4)13-25(37-16)38-19-7-9-28(2)18(12-19)5-6-21-26(28)22(31)14-29(3)20(8-10-30(21,29)34)17-11-24(32)36-15-17/h11,16,18-23,25-27,31,33-34H,5-10,12-15H2,1-4H3/t16?,18-,19-,20-,21?,22?,23?,25+,26?,27-,28+,29-,30+/m1/s1. The lowest BCUT2D eigenvalue weighted by Crippen LogP contribution is -2.66. The van der Waals surface area contributed by atoms with E-state index in [1.807, 2.05) is 6.92 Å². The highest BCUT2D eigenvalue weighted by atomic mass is 16.7. The molecule has 5 unspecified atom stereocenters. The molecule has 0 spiro atoms. The molecule has 6 rings (SSSR count). The molecule has 2 aliphatic heterocycles. The molecule has 0 bridgehead atoms. The minimum atomic E-state index is -0.850. The lowest BCUT2D eigenvalue weighted by atomic mass is 9.42. The number of aliphatic hydroxyl groups is 3. The number of methoxy groups -OCH3 is 1. The Morgan fingerprint density at radius 2 is 1.87 bits per heavy atom. The maximum Gasteiger partial charge on any atom is 0.331 e. The first-order valence-corrected chi connectivity index (χ1v) is 14.8. The first-order chi connectivity index (χ1) is 18.0. The molecular weight excluding hydrogens is 488 g/mol. The largest absolute Gasteiger partial charge is 0.458 e. The molecule has 1 saturated heterocycles. The van der Waals surface area contributed by atoms with Crippen molar-refractivity contribution in [1.29, 1.82) is 0 Å². The van der Waals surface area contributed by atoms with Crippen LogP contribution < -0.4 is 0 Å². The van der Waals surface area contributed by atoms with Crippen molar-refractivity contribution in [3.05, 3.63) is 11.6 Å². The second kappa shape index (κ2) is 9.52. The molecule has 8 heteroatoms. The van der Waals surface area contributed by atoms with Crippen LogP contribution >= 0.6 is 0 Å². The van der Waals surface area contributed by atoms with Gasteiger partial charge >= 0.3 is 5.97 Å². The molecule has 3 N–H and O–H groups in total. The van der Waals surface area contributed by atoms with Gasteiger partial charge in [-0.2, -0.15) is 0 Å². The Balaban J connectivity index is 1.18. The number of rotatable bonds is 4. The van der Waals surface area contributed by atoms with Crippen LogP contribution in [0.15, 0.2) is 11.6 Å². The van der Waals surface area contributed by atoms with Crippen LogP contribution in [0.2, 0.25) is 0 Å². The van der Waals surface area contributed by atoms with Gasteiger partial charge in [0, 0.05) is 25.0 Å². The molecule has 5 fully saturated rings. The average molecular weight is 535 g/mol. The number of ether oxygens (including phenoxy) is 4. The first-order valence-electron chi connectivity index (χ1n) is 14.8. The van der Waals surface area contributed by atoms with E-state index >= 15 is 0 Å². The third-order valence-corrected chi connectivity index (χ3v) is 12.2. The molecule has 13 atom stereocenters. The van der Waals surface area contributed by atoms with Crippen molar-refractivity contribution >= 4 is 5.97 Å². The highest BCUT2D eigenvalue weighted by Crippen LogP contribution is 2.70. The van der Waals surface area contributed by atoms with Crippen LogP contribution in [0.3, 0.4) is 0 Å². The summed E-state index contributed by atoms with van der Waals surface area (Å²) in [6.07, 6.45) is 6.83. The van der Waals surface area contributed by atoms with E-state index in [0.717, 1.165) is 44.1 Å². The minimum Gasteiger partial charge on any atom is -0.458 e. The summed E-state index contributed by atoms with van der Waals surface area (Å²) in [5.74, 6) is 0.285. The van der Waals surface area contributed by atoms with E-state index in [1.165, 1.54) is 0 Å². The second-order valence-electron chi connectivity index (χ2n) is 13.7. The van der Waals surface area contributed by atoms with Crippen LogP contribution in [-0.4, -0.2) is 77.4 Å². The molecule has 214 valence electrons. The van der Waals surface area contributed by atoms with Crippen molar-refractivity contribution in [3.63, 3.8) is 0 Å². The summed E-state index contributed by atoms with van der Waals surface area (Å²) in [5.41, 5.74) is -0.389. The zero-order valence-electron chi connectivity index (χ0n) is 23.3. The first kappa shape index (κ1) is 27.2. The van der Waals surface area contributed by atoms with Crippen LogP contribution in [0.1, 0.15) is 78.6 Å². The predicted molar refractivity (Wildman–Crippen MR) is 138 cm³/mol. The number of cyclic esters (lactones) is 1. The molecule has 38 heavy (non-hydrogen) atoms. The monoisotopic (exact) mass is 534 g/mol. The summed E-state index contributed by atoms with van der Waals surface area (Å²) in [6.45, 7) is 6.65. The van der Waals surface area contributed by atoms with Crippen LogP contribution in [0.5, 0.6) is 0 Å². The zero-order valence-corrected chi connectivity index (χ0v) is 23.3. The maximum absolute atomic E-state index is 12.4. The van der Waals surface area contributed by atoms with E-state index in [-0.39, 0.29) is 53.7 Å². The fourth-order valence-corrected chi connectivity index (χ4v) is 10.1. The second-order valence-corrected chi connectivity index (χ2v) is 13.7. The van der Waals surface area contributed by atoms with Crippen molar-refractivity contribution in [3.8, 4) is 0 Å². The lowest BCUT2D eigenvalue weighted by molar-refractivity contribution is -0.278. The molecule has 4 aliphatic carbocycles. The van der Waals surface area contributed by atoms with Gasteiger partial charge in [-0.1, -0.05) is 13.8 Å². The Kier molecular flexibility index (Phi) is 6.80. The van der Waals surface area contributed by atoms with E-state index in [9.17, 15) is 20.1 Å². The average Bonchev–Trinajstić information content (AvgIpc) is 3.41. The van der Waals surface area contributed by atoms with Gasteiger partial charge in [0.15, 0.2) is 6.29 Å². The van der Waals surface area contributed by atoms with Gasteiger partial charge in [0.2, 0.25) is 0 Å². The summed E-state index contributed by atoms with van der Waals surface area (Å²) in [7, 11) is 1.62. The Labute approximate surface area is 226 Å².